The van der Waals surface area contributed by atoms with Crippen LogP contribution in [0.25, 0.3) is 0 Å². The van der Waals surface area contributed by atoms with Crippen LogP contribution in [0.15, 0.2) is 40.9 Å². The molecule has 0 aliphatic rings. The van der Waals surface area contributed by atoms with E-state index in [4.69, 9.17) is 10.5 Å². The summed E-state index contributed by atoms with van der Waals surface area (Å²) in [4.78, 5) is 23.5. The quantitative estimate of drug-likeness (QED) is 0.872. The van der Waals surface area contributed by atoms with Crippen molar-refractivity contribution in [3.8, 4) is 5.75 Å². The molecule has 2 rings (SSSR count). The van der Waals surface area contributed by atoms with Crippen molar-refractivity contribution in [3.63, 3.8) is 0 Å². The van der Waals surface area contributed by atoms with E-state index in [1.54, 1.807) is 0 Å². The minimum Gasteiger partial charge on any atom is -0.495 e. The Hall–Kier alpha value is -2.41. The van der Waals surface area contributed by atoms with Crippen molar-refractivity contribution >= 4 is 33.4 Å². The van der Waals surface area contributed by atoms with Crippen LogP contribution in [-0.4, -0.2) is 18.9 Å². The van der Waals surface area contributed by atoms with E-state index in [-0.39, 0.29) is 11.1 Å². The Morgan fingerprint density at radius 2 is 1.95 bits per heavy atom. The summed E-state index contributed by atoms with van der Waals surface area (Å²) in [5.74, 6) is -1.19. The van der Waals surface area contributed by atoms with Gasteiger partial charge in [-0.15, -0.1) is 0 Å². The van der Waals surface area contributed by atoms with Gasteiger partial charge in [-0.3, -0.25) is 9.59 Å². The Bertz CT molecular complexity index is 750. The molecule has 0 aromatic heterocycles. The summed E-state index contributed by atoms with van der Waals surface area (Å²) in [5, 5.41) is 2.61. The largest absolute Gasteiger partial charge is 0.495 e. The lowest BCUT2D eigenvalue weighted by atomic mass is 10.1. The number of nitrogens with one attached hydrogen (secondary N) is 1. The fourth-order valence-corrected chi connectivity index (χ4v) is 2.35. The second kappa shape index (κ2) is 6.57. The molecule has 0 radical (unpaired) electrons. The number of nitrogens with two attached hydrogens (primary N) is 1. The molecule has 2 aromatic rings. The zero-order chi connectivity index (χ0) is 16.3. The molecular weight excluding hydrogens is 355 g/mol. The van der Waals surface area contributed by atoms with Crippen molar-refractivity contribution < 1.29 is 18.7 Å². The highest BCUT2D eigenvalue weighted by atomic mass is 79.9. The number of carbonyl (C=O) groups excluding carboxylic acids is 2. The van der Waals surface area contributed by atoms with E-state index in [0.29, 0.717) is 15.9 Å². The number of ether oxygens (including phenoxy) is 1. The normalized spacial score (nSPS) is 10.1. The van der Waals surface area contributed by atoms with Crippen molar-refractivity contribution in [2.45, 2.75) is 0 Å². The molecule has 0 aliphatic carbocycles. The molecule has 0 unspecified atom stereocenters. The van der Waals surface area contributed by atoms with E-state index < -0.39 is 17.6 Å². The number of hydrogen-bond donors (Lipinski definition) is 2. The minimum atomic E-state index is -0.624. The first-order chi connectivity index (χ1) is 10.4. The molecule has 114 valence electrons. The summed E-state index contributed by atoms with van der Waals surface area (Å²) in [6.07, 6.45) is 0. The Balaban J connectivity index is 2.34. The maximum Gasteiger partial charge on any atom is 0.256 e. The van der Waals surface area contributed by atoms with E-state index in [9.17, 15) is 14.0 Å². The molecule has 2 aromatic carbocycles. The van der Waals surface area contributed by atoms with Crippen LogP contribution in [0.3, 0.4) is 0 Å². The summed E-state index contributed by atoms with van der Waals surface area (Å²) in [6, 6.07) is 8.14. The van der Waals surface area contributed by atoms with Gasteiger partial charge in [0.2, 0.25) is 5.91 Å². The summed E-state index contributed by atoms with van der Waals surface area (Å²) in [7, 11) is 1.43. The molecule has 0 saturated carbocycles. The van der Waals surface area contributed by atoms with Crippen LogP contribution in [-0.2, 0) is 0 Å². The topological polar surface area (TPSA) is 81.4 Å². The van der Waals surface area contributed by atoms with E-state index in [0.717, 1.165) is 0 Å². The number of hydrogen-bond acceptors (Lipinski definition) is 3. The van der Waals surface area contributed by atoms with E-state index in [1.165, 1.54) is 43.5 Å². The molecule has 0 saturated heterocycles. The zero-order valence-corrected chi connectivity index (χ0v) is 13.1. The van der Waals surface area contributed by atoms with Crippen LogP contribution >= 0.6 is 15.9 Å². The van der Waals surface area contributed by atoms with E-state index >= 15 is 0 Å². The Morgan fingerprint density at radius 1 is 1.23 bits per heavy atom. The number of primary amides is 1. The van der Waals surface area contributed by atoms with Crippen LogP contribution < -0.4 is 15.8 Å². The summed E-state index contributed by atoms with van der Waals surface area (Å²) >= 11 is 3.13. The van der Waals surface area contributed by atoms with Gasteiger partial charge in [0.1, 0.15) is 11.6 Å². The minimum absolute atomic E-state index is 0.231. The lowest BCUT2D eigenvalue weighted by Gasteiger charge is -2.12. The van der Waals surface area contributed by atoms with Gasteiger partial charge in [-0.25, -0.2) is 4.39 Å². The van der Waals surface area contributed by atoms with Gasteiger partial charge < -0.3 is 15.8 Å². The number of benzene rings is 2. The lowest BCUT2D eigenvalue weighted by molar-refractivity contribution is 0.0996. The summed E-state index contributed by atoms with van der Waals surface area (Å²) in [6.45, 7) is 0. The number of halogens is 2. The number of anilines is 1. The molecule has 0 atom stereocenters. The maximum absolute atomic E-state index is 13.1. The number of amides is 2. The second-order valence-corrected chi connectivity index (χ2v) is 5.21. The Kier molecular flexibility index (Phi) is 4.77. The third kappa shape index (κ3) is 3.43. The first-order valence-corrected chi connectivity index (χ1v) is 6.96. The van der Waals surface area contributed by atoms with Gasteiger partial charge >= 0.3 is 0 Å². The van der Waals surface area contributed by atoms with Crippen LogP contribution in [0.2, 0.25) is 0 Å². The van der Waals surface area contributed by atoms with Crippen molar-refractivity contribution in [1.82, 2.24) is 0 Å². The van der Waals surface area contributed by atoms with E-state index in [2.05, 4.69) is 21.2 Å². The first-order valence-electron chi connectivity index (χ1n) is 6.16. The molecule has 5 nitrogen and oxygen atoms in total. The highest BCUT2D eigenvalue weighted by Crippen LogP contribution is 2.27. The fraction of sp³-hybridized carbons (Fsp3) is 0.0667. The third-order valence-corrected chi connectivity index (χ3v) is 3.56. The predicted molar refractivity (Wildman–Crippen MR) is 83.6 cm³/mol. The van der Waals surface area contributed by atoms with Gasteiger partial charge in [-0.05, 0) is 52.3 Å². The van der Waals surface area contributed by atoms with Gasteiger partial charge in [0.15, 0.2) is 0 Å². The highest BCUT2D eigenvalue weighted by Gasteiger charge is 2.14. The van der Waals surface area contributed by atoms with Crippen LogP contribution in [0, 0.1) is 5.82 Å². The maximum atomic E-state index is 13.1. The van der Waals surface area contributed by atoms with Crippen molar-refractivity contribution in [1.29, 1.82) is 0 Å². The van der Waals surface area contributed by atoms with Gasteiger partial charge in [0.25, 0.3) is 5.91 Å². The van der Waals surface area contributed by atoms with Gasteiger partial charge in [-0.1, -0.05) is 0 Å². The predicted octanol–water partition coefficient (Wildman–Crippen LogP) is 2.95. The van der Waals surface area contributed by atoms with Crippen molar-refractivity contribution in [2.24, 2.45) is 5.73 Å². The SMILES string of the molecule is COc1ccc(C(N)=O)cc1NC(=O)c1ccc(F)cc1Br. The zero-order valence-electron chi connectivity index (χ0n) is 11.5. The van der Waals surface area contributed by atoms with Crippen molar-refractivity contribution in [2.75, 3.05) is 12.4 Å². The van der Waals surface area contributed by atoms with Crippen LogP contribution in [0.5, 0.6) is 5.75 Å². The highest BCUT2D eigenvalue weighted by molar-refractivity contribution is 9.10. The third-order valence-electron chi connectivity index (χ3n) is 2.91. The Labute approximate surface area is 134 Å². The molecule has 2 amide bonds. The lowest BCUT2D eigenvalue weighted by Crippen LogP contribution is -2.15. The molecule has 0 bridgehead atoms. The number of methoxy groups -OCH3 is 1. The number of carbonyl (C=O) groups is 2. The summed E-state index contributed by atoms with van der Waals surface area (Å²) < 4.78 is 18.5. The van der Waals surface area contributed by atoms with Gasteiger partial charge in [0, 0.05) is 10.0 Å². The monoisotopic (exact) mass is 366 g/mol. The van der Waals surface area contributed by atoms with E-state index in [1.807, 2.05) is 0 Å². The summed E-state index contributed by atoms with van der Waals surface area (Å²) in [5.41, 5.74) is 5.98. The average molecular weight is 367 g/mol. The smallest absolute Gasteiger partial charge is 0.256 e. The van der Waals surface area contributed by atoms with Gasteiger partial charge in [-0.2, -0.15) is 0 Å². The molecule has 0 spiro atoms. The molecule has 0 heterocycles. The molecule has 7 heteroatoms. The molecule has 3 N–H and O–H groups in total. The van der Waals surface area contributed by atoms with Crippen molar-refractivity contribution in [3.05, 3.63) is 57.8 Å². The van der Waals surface area contributed by atoms with Crippen LogP contribution in [0.1, 0.15) is 20.7 Å². The Morgan fingerprint density at radius 3 is 2.55 bits per heavy atom. The molecule has 0 fully saturated rings. The van der Waals surface area contributed by atoms with Crippen LogP contribution in [0.4, 0.5) is 10.1 Å². The standard InChI is InChI=1S/C15H12BrFN2O3/c1-22-13-5-2-8(14(18)20)6-12(13)19-15(21)10-4-3-9(17)7-11(10)16/h2-7H,1H3,(H2,18,20)(H,19,21). The second-order valence-electron chi connectivity index (χ2n) is 4.36. The molecule has 22 heavy (non-hydrogen) atoms. The molecular formula is C15H12BrFN2O3. The van der Waals surface area contributed by atoms with Gasteiger partial charge in [0.05, 0.1) is 18.4 Å². The average Bonchev–Trinajstić information content (AvgIpc) is 2.46. The fourth-order valence-electron chi connectivity index (χ4n) is 1.82. The molecule has 0 aliphatic heterocycles. The first kappa shape index (κ1) is 16.0. The number of rotatable bonds is 4.